The smallest absolute Gasteiger partial charge is 0.0745 e. The van der Waals surface area contributed by atoms with Crippen LogP contribution < -0.4 is 10.6 Å². The molecular weight excluding hydrogens is 226 g/mol. The third kappa shape index (κ3) is 2.38. The van der Waals surface area contributed by atoms with Crippen molar-refractivity contribution in [2.24, 2.45) is 0 Å². The van der Waals surface area contributed by atoms with Crippen LogP contribution in [0.1, 0.15) is 6.92 Å². The molecule has 1 aromatic heterocycles. The average molecular weight is 245 g/mol. The number of para-hydroxylation sites is 1. The first-order valence-corrected chi connectivity index (χ1v) is 6.00. The van der Waals surface area contributed by atoms with Gasteiger partial charge < -0.3 is 15.4 Å². The Kier molecular flexibility index (Phi) is 3.67. The molecule has 2 N–H and O–H groups in total. The molecule has 0 aliphatic carbocycles. The van der Waals surface area contributed by atoms with Crippen LogP contribution in [0, 0.1) is 0 Å². The summed E-state index contributed by atoms with van der Waals surface area (Å²) in [7, 11) is 3.74. The quantitative estimate of drug-likeness (QED) is 0.898. The van der Waals surface area contributed by atoms with E-state index in [9.17, 15) is 0 Å². The molecule has 1 unspecified atom stereocenters. The summed E-state index contributed by atoms with van der Waals surface area (Å²) in [6, 6.07) is 8.02. The zero-order chi connectivity index (χ0) is 13.1. The predicted molar refractivity (Wildman–Crippen MR) is 75.9 cm³/mol. The molecule has 1 heterocycles. The summed E-state index contributed by atoms with van der Waals surface area (Å²) in [4.78, 5) is 6.46. The topological polar surface area (TPSA) is 51.4 Å². The van der Waals surface area contributed by atoms with Gasteiger partial charge in [-0.2, -0.15) is 0 Å². The van der Waals surface area contributed by atoms with Crippen LogP contribution in [0.25, 0.3) is 10.9 Å². The summed E-state index contributed by atoms with van der Waals surface area (Å²) in [5.41, 5.74) is 8.73. The van der Waals surface area contributed by atoms with Crippen molar-refractivity contribution >= 4 is 22.3 Å². The van der Waals surface area contributed by atoms with Crippen molar-refractivity contribution in [2.45, 2.75) is 13.0 Å². The lowest BCUT2D eigenvalue weighted by Gasteiger charge is -2.25. The molecule has 0 radical (unpaired) electrons. The van der Waals surface area contributed by atoms with E-state index in [1.807, 2.05) is 38.2 Å². The number of ether oxygens (including phenoxy) is 1. The van der Waals surface area contributed by atoms with E-state index in [4.69, 9.17) is 10.5 Å². The van der Waals surface area contributed by atoms with E-state index in [0.717, 1.165) is 23.1 Å². The van der Waals surface area contributed by atoms with E-state index < -0.39 is 0 Å². The van der Waals surface area contributed by atoms with Crippen LogP contribution in [0.5, 0.6) is 0 Å². The molecule has 4 heteroatoms. The molecule has 0 spiro atoms. The average Bonchev–Trinajstić information content (AvgIpc) is 2.38. The molecule has 4 nitrogen and oxygen atoms in total. The van der Waals surface area contributed by atoms with Crippen molar-refractivity contribution in [1.29, 1.82) is 0 Å². The molecule has 2 rings (SSSR count). The monoisotopic (exact) mass is 245 g/mol. The van der Waals surface area contributed by atoms with Crippen LogP contribution in [0.2, 0.25) is 0 Å². The van der Waals surface area contributed by atoms with Gasteiger partial charge in [0, 0.05) is 26.1 Å². The zero-order valence-corrected chi connectivity index (χ0v) is 11.1. The summed E-state index contributed by atoms with van der Waals surface area (Å²) in [6.45, 7) is 2.82. The van der Waals surface area contributed by atoms with Gasteiger partial charge in [0.05, 0.1) is 29.2 Å². The van der Waals surface area contributed by atoms with Gasteiger partial charge in [-0.1, -0.05) is 18.2 Å². The Hall–Kier alpha value is -1.81. The number of benzene rings is 1. The molecule has 0 saturated carbocycles. The van der Waals surface area contributed by atoms with Crippen LogP contribution in [0.15, 0.2) is 30.5 Å². The van der Waals surface area contributed by atoms with Gasteiger partial charge in [-0.15, -0.1) is 0 Å². The van der Waals surface area contributed by atoms with Crippen LogP contribution >= 0.6 is 0 Å². The van der Waals surface area contributed by atoms with Gasteiger partial charge in [-0.25, -0.2) is 0 Å². The highest BCUT2D eigenvalue weighted by Crippen LogP contribution is 2.30. The molecule has 96 valence electrons. The third-order valence-electron chi connectivity index (χ3n) is 3.09. The van der Waals surface area contributed by atoms with E-state index >= 15 is 0 Å². The first-order chi connectivity index (χ1) is 8.63. The molecule has 0 aliphatic heterocycles. The number of likely N-dealkylation sites (N-methyl/N-ethyl adjacent to an activating group) is 1. The summed E-state index contributed by atoms with van der Waals surface area (Å²) in [5.74, 6) is 0. The Morgan fingerprint density at radius 1 is 1.39 bits per heavy atom. The Balaban J connectivity index is 2.45. The molecule has 0 fully saturated rings. The molecule has 1 atom stereocenters. The Labute approximate surface area is 107 Å². The van der Waals surface area contributed by atoms with Crippen LogP contribution in [-0.2, 0) is 4.74 Å². The molecular formula is C14H19N3O. The zero-order valence-electron chi connectivity index (χ0n) is 11.1. The van der Waals surface area contributed by atoms with Crippen LogP contribution in [0.4, 0.5) is 11.4 Å². The molecule has 0 saturated heterocycles. The van der Waals surface area contributed by atoms with Crippen LogP contribution in [0.3, 0.4) is 0 Å². The number of pyridine rings is 1. The normalized spacial score (nSPS) is 12.6. The van der Waals surface area contributed by atoms with E-state index in [0.29, 0.717) is 5.69 Å². The lowest BCUT2D eigenvalue weighted by molar-refractivity contribution is 0.124. The van der Waals surface area contributed by atoms with Gasteiger partial charge in [-0.3, -0.25) is 4.98 Å². The highest BCUT2D eigenvalue weighted by molar-refractivity contribution is 5.97. The Morgan fingerprint density at radius 2 is 2.11 bits per heavy atom. The van der Waals surface area contributed by atoms with E-state index in [-0.39, 0.29) is 6.10 Å². The lowest BCUT2D eigenvalue weighted by atomic mass is 10.1. The fraction of sp³-hybridized carbons (Fsp3) is 0.357. The van der Waals surface area contributed by atoms with Crippen molar-refractivity contribution in [3.8, 4) is 0 Å². The van der Waals surface area contributed by atoms with E-state index in [1.165, 1.54) is 0 Å². The summed E-state index contributed by atoms with van der Waals surface area (Å²) in [6.07, 6.45) is 1.87. The number of nitrogen functional groups attached to an aromatic ring is 1. The second-order valence-electron chi connectivity index (χ2n) is 4.51. The summed E-state index contributed by atoms with van der Waals surface area (Å²) >= 11 is 0. The SMILES string of the molecule is COC(C)CN(C)c1c(N)cnc2ccccc12. The predicted octanol–water partition coefficient (Wildman–Crippen LogP) is 2.29. The highest BCUT2D eigenvalue weighted by Gasteiger charge is 2.13. The number of hydrogen-bond acceptors (Lipinski definition) is 4. The highest BCUT2D eigenvalue weighted by atomic mass is 16.5. The minimum Gasteiger partial charge on any atom is -0.396 e. The fourth-order valence-electron chi connectivity index (χ4n) is 2.12. The van der Waals surface area contributed by atoms with E-state index in [2.05, 4.69) is 9.88 Å². The Bertz CT molecular complexity index is 542. The van der Waals surface area contributed by atoms with Crippen LogP contribution in [-0.4, -0.2) is 31.8 Å². The third-order valence-corrected chi connectivity index (χ3v) is 3.09. The van der Waals surface area contributed by atoms with Crippen molar-refractivity contribution in [3.05, 3.63) is 30.5 Å². The summed E-state index contributed by atoms with van der Waals surface area (Å²) in [5, 5.41) is 1.07. The Morgan fingerprint density at radius 3 is 2.83 bits per heavy atom. The van der Waals surface area contributed by atoms with Gasteiger partial charge in [0.1, 0.15) is 0 Å². The second kappa shape index (κ2) is 5.23. The summed E-state index contributed by atoms with van der Waals surface area (Å²) < 4.78 is 5.30. The minimum atomic E-state index is 0.154. The number of aromatic nitrogens is 1. The first-order valence-electron chi connectivity index (χ1n) is 6.00. The first kappa shape index (κ1) is 12.6. The fourth-order valence-corrected chi connectivity index (χ4v) is 2.12. The number of rotatable bonds is 4. The minimum absolute atomic E-state index is 0.154. The second-order valence-corrected chi connectivity index (χ2v) is 4.51. The number of methoxy groups -OCH3 is 1. The number of nitrogens with two attached hydrogens (primary N) is 1. The maximum absolute atomic E-state index is 6.06. The van der Waals surface area contributed by atoms with Crippen molar-refractivity contribution in [1.82, 2.24) is 4.98 Å². The van der Waals surface area contributed by atoms with Crippen molar-refractivity contribution in [2.75, 3.05) is 31.3 Å². The van der Waals surface area contributed by atoms with Crippen molar-refractivity contribution < 1.29 is 4.74 Å². The maximum atomic E-state index is 6.06. The maximum Gasteiger partial charge on any atom is 0.0745 e. The molecule has 0 bridgehead atoms. The van der Waals surface area contributed by atoms with E-state index in [1.54, 1.807) is 13.3 Å². The van der Waals surface area contributed by atoms with Crippen molar-refractivity contribution in [3.63, 3.8) is 0 Å². The standard InChI is InChI=1S/C14H19N3O/c1-10(18-3)9-17(2)14-11-6-4-5-7-13(11)16-8-12(14)15/h4-8,10H,9,15H2,1-3H3. The number of hydrogen-bond donors (Lipinski definition) is 1. The number of nitrogens with zero attached hydrogens (tertiary/aromatic N) is 2. The molecule has 2 aromatic rings. The largest absolute Gasteiger partial charge is 0.396 e. The molecule has 1 aromatic carbocycles. The van der Waals surface area contributed by atoms with Gasteiger partial charge in [-0.05, 0) is 13.0 Å². The molecule has 0 aliphatic rings. The van der Waals surface area contributed by atoms with Gasteiger partial charge in [0.15, 0.2) is 0 Å². The van der Waals surface area contributed by atoms with Gasteiger partial charge in [0.25, 0.3) is 0 Å². The number of fused-ring (bicyclic) bond motifs is 1. The lowest BCUT2D eigenvalue weighted by Crippen LogP contribution is -2.29. The van der Waals surface area contributed by atoms with Gasteiger partial charge >= 0.3 is 0 Å². The molecule has 0 amide bonds. The molecule has 18 heavy (non-hydrogen) atoms. The van der Waals surface area contributed by atoms with Gasteiger partial charge in [0.2, 0.25) is 0 Å². The number of anilines is 2.